The number of aliphatic hydroxyl groups excluding tert-OH is 1. The Morgan fingerprint density at radius 1 is 1.67 bits per heavy atom. The van der Waals surface area contributed by atoms with Crippen LogP contribution in [-0.4, -0.2) is 53.6 Å². The van der Waals surface area contributed by atoms with Crippen molar-refractivity contribution in [2.75, 3.05) is 26.7 Å². The van der Waals surface area contributed by atoms with Gasteiger partial charge in [-0.2, -0.15) is 0 Å². The number of hydrogen-bond donors (Lipinski definition) is 1. The van der Waals surface area contributed by atoms with Crippen LogP contribution < -0.4 is 0 Å². The van der Waals surface area contributed by atoms with Crippen LogP contribution in [0.15, 0.2) is 17.5 Å². The molecule has 0 bridgehead atoms. The second kappa shape index (κ2) is 6.31. The van der Waals surface area contributed by atoms with Gasteiger partial charge in [-0.25, -0.2) is 0 Å². The number of carbonyl (C=O) groups excluding carboxylic acids is 1. The summed E-state index contributed by atoms with van der Waals surface area (Å²) in [6, 6.07) is 4.21. The highest BCUT2D eigenvalue weighted by atomic mass is 32.1. The average molecular weight is 268 g/mol. The van der Waals surface area contributed by atoms with Gasteiger partial charge < -0.3 is 10.0 Å². The molecule has 0 aromatic carbocycles. The molecule has 1 N–H and O–H groups in total. The Morgan fingerprint density at radius 3 is 3.17 bits per heavy atom. The van der Waals surface area contributed by atoms with Crippen molar-refractivity contribution in [1.29, 1.82) is 0 Å². The van der Waals surface area contributed by atoms with Gasteiger partial charge in [-0.05, 0) is 30.8 Å². The number of thiophene rings is 1. The number of rotatable bonds is 5. The van der Waals surface area contributed by atoms with E-state index in [9.17, 15) is 9.90 Å². The predicted molar refractivity (Wildman–Crippen MR) is 72.5 cm³/mol. The molecule has 4 nitrogen and oxygen atoms in total. The molecule has 18 heavy (non-hydrogen) atoms. The van der Waals surface area contributed by atoms with E-state index in [1.807, 2.05) is 24.6 Å². The fourth-order valence-corrected chi connectivity index (χ4v) is 3.09. The first-order chi connectivity index (χ1) is 8.70. The standard InChI is InChI=1S/C13H20N2O2S/c1-14(8-12-5-3-7-18-12)13(17)9-15-6-2-4-11(15)10-16/h3,5,7,11,16H,2,4,6,8-10H2,1H3. The maximum Gasteiger partial charge on any atom is 0.236 e. The van der Waals surface area contributed by atoms with Gasteiger partial charge in [0.2, 0.25) is 5.91 Å². The van der Waals surface area contributed by atoms with E-state index in [0.29, 0.717) is 13.1 Å². The molecule has 0 saturated carbocycles. The van der Waals surface area contributed by atoms with Crippen LogP contribution in [0.1, 0.15) is 17.7 Å². The van der Waals surface area contributed by atoms with Gasteiger partial charge >= 0.3 is 0 Å². The van der Waals surface area contributed by atoms with E-state index in [0.717, 1.165) is 19.4 Å². The molecule has 100 valence electrons. The predicted octanol–water partition coefficient (Wildman–Crippen LogP) is 1.16. The highest BCUT2D eigenvalue weighted by Gasteiger charge is 2.26. The summed E-state index contributed by atoms with van der Waals surface area (Å²) in [6.45, 7) is 2.17. The van der Waals surface area contributed by atoms with Gasteiger partial charge in [-0.15, -0.1) is 11.3 Å². The van der Waals surface area contributed by atoms with Crippen LogP contribution in [0.5, 0.6) is 0 Å². The molecule has 1 aliphatic heterocycles. The van der Waals surface area contributed by atoms with Crippen LogP contribution in [-0.2, 0) is 11.3 Å². The molecule has 1 unspecified atom stereocenters. The fraction of sp³-hybridized carbons (Fsp3) is 0.615. The molecule has 0 aliphatic carbocycles. The molecule has 1 saturated heterocycles. The Bertz CT molecular complexity index is 380. The van der Waals surface area contributed by atoms with E-state index in [4.69, 9.17) is 0 Å². The lowest BCUT2D eigenvalue weighted by Gasteiger charge is -2.25. The summed E-state index contributed by atoms with van der Waals surface area (Å²) in [5.41, 5.74) is 0. The van der Waals surface area contributed by atoms with Crippen LogP contribution in [0.25, 0.3) is 0 Å². The number of carbonyl (C=O) groups is 1. The monoisotopic (exact) mass is 268 g/mol. The fourth-order valence-electron chi connectivity index (χ4n) is 2.33. The molecule has 2 rings (SSSR count). The molecule has 1 fully saturated rings. The Balaban J connectivity index is 1.83. The minimum atomic E-state index is 0.128. The third kappa shape index (κ3) is 3.31. The van der Waals surface area contributed by atoms with Crippen molar-refractivity contribution >= 4 is 17.2 Å². The van der Waals surface area contributed by atoms with Crippen molar-refractivity contribution in [2.45, 2.75) is 25.4 Å². The van der Waals surface area contributed by atoms with Gasteiger partial charge in [0.05, 0.1) is 19.7 Å². The molecule has 2 heterocycles. The summed E-state index contributed by atoms with van der Waals surface area (Å²) in [5.74, 6) is 0.128. The summed E-state index contributed by atoms with van der Waals surface area (Å²) in [7, 11) is 1.84. The Kier molecular flexibility index (Phi) is 4.74. The Morgan fingerprint density at radius 2 is 2.50 bits per heavy atom. The Labute approximate surface area is 112 Å². The quantitative estimate of drug-likeness (QED) is 0.871. The molecule has 0 spiro atoms. The third-order valence-electron chi connectivity index (χ3n) is 3.45. The minimum Gasteiger partial charge on any atom is -0.395 e. The number of amides is 1. The van der Waals surface area contributed by atoms with E-state index in [1.165, 1.54) is 4.88 Å². The first kappa shape index (κ1) is 13.5. The van der Waals surface area contributed by atoms with Crippen LogP contribution in [0.2, 0.25) is 0 Å². The molecular formula is C13H20N2O2S. The molecule has 0 radical (unpaired) electrons. The maximum absolute atomic E-state index is 12.1. The molecule has 1 amide bonds. The maximum atomic E-state index is 12.1. The zero-order chi connectivity index (χ0) is 13.0. The van der Waals surface area contributed by atoms with Crippen molar-refractivity contribution in [3.05, 3.63) is 22.4 Å². The normalized spacial score (nSPS) is 20.2. The van der Waals surface area contributed by atoms with Crippen molar-refractivity contribution in [3.63, 3.8) is 0 Å². The number of nitrogens with zero attached hydrogens (tertiary/aromatic N) is 2. The van der Waals surface area contributed by atoms with Crippen LogP contribution in [0.3, 0.4) is 0 Å². The van der Waals surface area contributed by atoms with E-state index in [1.54, 1.807) is 16.2 Å². The van der Waals surface area contributed by atoms with E-state index >= 15 is 0 Å². The van der Waals surface area contributed by atoms with Gasteiger partial charge in [-0.1, -0.05) is 6.07 Å². The molecule has 1 aromatic heterocycles. The lowest BCUT2D eigenvalue weighted by atomic mass is 10.2. The van der Waals surface area contributed by atoms with Crippen molar-refractivity contribution in [1.82, 2.24) is 9.80 Å². The topological polar surface area (TPSA) is 43.8 Å². The lowest BCUT2D eigenvalue weighted by molar-refractivity contribution is -0.132. The molecular weight excluding hydrogens is 248 g/mol. The van der Waals surface area contributed by atoms with E-state index < -0.39 is 0 Å². The van der Waals surface area contributed by atoms with E-state index in [2.05, 4.69) is 4.90 Å². The zero-order valence-electron chi connectivity index (χ0n) is 10.7. The molecule has 1 aliphatic rings. The second-order valence-corrected chi connectivity index (χ2v) is 5.81. The number of likely N-dealkylation sites (N-methyl/N-ethyl adjacent to an activating group) is 1. The largest absolute Gasteiger partial charge is 0.395 e. The van der Waals surface area contributed by atoms with Crippen molar-refractivity contribution < 1.29 is 9.90 Å². The number of aliphatic hydroxyl groups is 1. The smallest absolute Gasteiger partial charge is 0.236 e. The van der Waals surface area contributed by atoms with Gasteiger partial charge in [-0.3, -0.25) is 9.69 Å². The van der Waals surface area contributed by atoms with Crippen molar-refractivity contribution in [2.24, 2.45) is 0 Å². The summed E-state index contributed by atoms with van der Waals surface area (Å²) >= 11 is 1.67. The number of hydrogen-bond acceptors (Lipinski definition) is 4. The lowest BCUT2D eigenvalue weighted by Crippen LogP contribution is -2.41. The highest BCUT2D eigenvalue weighted by molar-refractivity contribution is 7.09. The van der Waals surface area contributed by atoms with Crippen LogP contribution >= 0.6 is 11.3 Å². The Hall–Kier alpha value is -0.910. The first-order valence-corrected chi connectivity index (χ1v) is 7.20. The van der Waals surface area contributed by atoms with Gasteiger partial charge in [0.25, 0.3) is 0 Å². The number of likely N-dealkylation sites (tertiary alicyclic amines) is 1. The molecule has 1 aromatic rings. The summed E-state index contributed by atoms with van der Waals surface area (Å²) < 4.78 is 0. The third-order valence-corrected chi connectivity index (χ3v) is 4.31. The van der Waals surface area contributed by atoms with Gasteiger partial charge in [0.15, 0.2) is 0 Å². The van der Waals surface area contributed by atoms with Crippen LogP contribution in [0, 0.1) is 0 Å². The van der Waals surface area contributed by atoms with Gasteiger partial charge in [0, 0.05) is 18.0 Å². The minimum absolute atomic E-state index is 0.128. The first-order valence-electron chi connectivity index (χ1n) is 6.32. The van der Waals surface area contributed by atoms with Crippen molar-refractivity contribution in [3.8, 4) is 0 Å². The second-order valence-electron chi connectivity index (χ2n) is 4.78. The summed E-state index contributed by atoms with van der Waals surface area (Å²) in [4.78, 5) is 17.1. The molecule has 5 heteroatoms. The van der Waals surface area contributed by atoms with E-state index in [-0.39, 0.29) is 18.6 Å². The SMILES string of the molecule is CN(Cc1cccs1)C(=O)CN1CCCC1CO. The van der Waals surface area contributed by atoms with Gasteiger partial charge in [0.1, 0.15) is 0 Å². The van der Waals surface area contributed by atoms with Crippen LogP contribution in [0.4, 0.5) is 0 Å². The molecule has 1 atom stereocenters. The zero-order valence-corrected chi connectivity index (χ0v) is 11.5. The average Bonchev–Trinajstić information content (AvgIpc) is 2.99. The highest BCUT2D eigenvalue weighted by Crippen LogP contribution is 2.17. The summed E-state index contributed by atoms with van der Waals surface area (Å²) in [6.07, 6.45) is 2.07. The summed E-state index contributed by atoms with van der Waals surface area (Å²) in [5, 5.41) is 11.3.